The van der Waals surface area contributed by atoms with Crippen LogP contribution >= 0.6 is 0 Å². The summed E-state index contributed by atoms with van der Waals surface area (Å²) < 4.78 is 0. The minimum atomic E-state index is -1.11. The molecule has 12 nitrogen and oxygen atoms in total. The number of hydrogen-bond acceptors (Lipinski definition) is 7. The van der Waals surface area contributed by atoms with Crippen molar-refractivity contribution in [1.29, 1.82) is 0 Å². The summed E-state index contributed by atoms with van der Waals surface area (Å²) >= 11 is 0. The molecule has 0 radical (unpaired) electrons. The molecule has 0 atom stereocenters. The highest BCUT2D eigenvalue weighted by Crippen LogP contribution is 2.30. The number of rotatable bonds is 9. The van der Waals surface area contributed by atoms with E-state index in [1.165, 1.54) is 24.3 Å². The molecule has 4 aromatic rings. The van der Waals surface area contributed by atoms with E-state index in [-0.39, 0.29) is 48.2 Å². The number of nitrogens with zero attached hydrogens (tertiary/aromatic N) is 3. The van der Waals surface area contributed by atoms with Crippen molar-refractivity contribution in [1.82, 2.24) is 14.9 Å². The quantitative estimate of drug-likeness (QED) is 0.235. The Morgan fingerprint density at radius 1 is 0.542 bits per heavy atom. The van der Waals surface area contributed by atoms with Crippen LogP contribution in [0.5, 0.6) is 0 Å². The van der Waals surface area contributed by atoms with Gasteiger partial charge in [-0.3, -0.25) is 14.4 Å². The third kappa shape index (κ3) is 5.90. The third-order valence-electron chi connectivity index (χ3n) is 8.89. The van der Waals surface area contributed by atoms with Crippen molar-refractivity contribution in [2.45, 2.75) is 45.9 Å². The monoisotopic (exact) mass is 647 g/mol. The lowest BCUT2D eigenvalue weighted by Crippen LogP contribution is -2.29. The third-order valence-corrected chi connectivity index (χ3v) is 8.89. The first-order valence-electron chi connectivity index (χ1n) is 15.2. The number of amides is 2. The molecular formula is C36H29N3O9. The summed E-state index contributed by atoms with van der Waals surface area (Å²) in [7, 11) is 0. The second kappa shape index (κ2) is 12.1. The molecule has 4 aromatic carbocycles. The van der Waals surface area contributed by atoms with Gasteiger partial charge in [0.25, 0.3) is 11.8 Å². The number of carbonyl (C=O) groups excluding carboxylic acids is 2. The average molecular weight is 648 g/mol. The van der Waals surface area contributed by atoms with Gasteiger partial charge in [0, 0.05) is 50.4 Å². The van der Waals surface area contributed by atoms with E-state index in [1.807, 2.05) is 18.2 Å². The highest BCUT2D eigenvalue weighted by molar-refractivity contribution is 6.01. The minimum Gasteiger partial charge on any atom is -0.478 e. The second-order valence-electron chi connectivity index (χ2n) is 12.2. The van der Waals surface area contributed by atoms with E-state index >= 15 is 0 Å². The van der Waals surface area contributed by atoms with Crippen LogP contribution in [0.1, 0.15) is 90.7 Å². The predicted octanol–water partition coefficient (Wildman–Crippen LogP) is 4.54. The minimum absolute atomic E-state index is 0.0438. The molecule has 3 aliphatic rings. The van der Waals surface area contributed by atoms with E-state index in [0.717, 1.165) is 38.9 Å². The Morgan fingerprint density at radius 3 is 1.46 bits per heavy atom. The maximum Gasteiger partial charge on any atom is 0.335 e. The number of carboxylic acids is 3. The maximum absolute atomic E-state index is 13.3. The summed E-state index contributed by atoms with van der Waals surface area (Å²) in [5.41, 5.74) is 6.72. The Hall–Kier alpha value is -5.85. The highest BCUT2D eigenvalue weighted by atomic mass is 16.7. The van der Waals surface area contributed by atoms with E-state index in [9.17, 15) is 39.3 Å². The first kappa shape index (κ1) is 30.8. The summed E-state index contributed by atoms with van der Waals surface area (Å²) in [6.07, 6.45) is 0. The molecule has 0 unspecified atom stereocenters. The number of hydrogen-bond donors (Lipinski definition) is 3. The van der Waals surface area contributed by atoms with Crippen LogP contribution in [-0.4, -0.2) is 59.9 Å². The van der Waals surface area contributed by atoms with Crippen molar-refractivity contribution in [2.24, 2.45) is 0 Å². The lowest BCUT2D eigenvalue weighted by Gasteiger charge is -2.29. The molecule has 0 saturated heterocycles. The summed E-state index contributed by atoms with van der Waals surface area (Å²) in [6.45, 7) is 2.14. The summed E-state index contributed by atoms with van der Waals surface area (Å²) in [6, 6.07) is 19.9. The second-order valence-corrected chi connectivity index (χ2v) is 12.2. The molecule has 0 aliphatic carbocycles. The predicted molar refractivity (Wildman–Crippen MR) is 168 cm³/mol. The van der Waals surface area contributed by atoms with E-state index < -0.39 is 17.9 Å². The van der Waals surface area contributed by atoms with Crippen molar-refractivity contribution in [3.05, 3.63) is 140 Å². The molecular weight excluding hydrogens is 618 g/mol. The molecule has 48 heavy (non-hydrogen) atoms. The maximum atomic E-state index is 13.3. The normalized spacial score (nSPS) is 15.3. The van der Waals surface area contributed by atoms with Gasteiger partial charge in [-0.2, -0.15) is 5.06 Å². The fourth-order valence-corrected chi connectivity index (χ4v) is 6.55. The Morgan fingerprint density at radius 2 is 0.979 bits per heavy atom. The fourth-order valence-electron chi connectivity index (χ4n) is 6.55. The first-order chi connectivity index (χ1) is 23.0. The average Bonchev–Trinajstić information content (AvgIpc) is 3.54. The Kier molecular flexibility index (Phi) is 7.74. The number of fused-ring (bicyclic) bond motifs is 3. The smallest absolute Gasteiger partial charge is 0.335 e. The van der Waals surface area contributed by atoms with Crippen LogP contribution in [-0.2, 0) is 50.7 Å². The van der Waals surface area contributed by atoms with Crippen LogP contribution in [0.4, 0.5) is 0 Å². The largest absolute Gasteiger partial charge is 0.478 e. The topological polar surface area (TPSA) is 165 Å². The van der Waals surface area contributed by atoms with Crippen molar-refractivity contribution >= 4 is 29.7 Å². The SMILES string of the molecule is O=C(O)c1ccc2c(c1)CON(Cc1cc(CN3Cc4ccc(C(=O)O)cc4C3=O)cc(CN3Cc4ccc(C(=O)O)cc4C3=O)c1)C2. The molecule has 7 rings (SSSR count). The van der Waals surface area contributed by atoms with Crippen molar-refractivity contribution < 1.29 is 44.1 Å². The van der Waals surface area contributed by atoms with Gasteiger partial charge in [-0.05, 0) is 75.3 Å². The summed E-state index contributed by atoms with van der Waals surface area (Å²) in [5, 5.41) is 29.9. The number of benzene rings is 4. The van der Waals surface area contributed by atoms with Crippen LogP contribution in [0.2, 0.25) is 0 Å². The molecule has 242 valence electrons. The molecule has 0 bridgehead atoms. The van der Waals surface area contributed by atoms with Gasteiger partial charge in [0.2, 0.25) is 0 Å². The summed E-state index contributed by atoms with van der Waals surface area (Å²) in [4.78, 5) is 70.4. The van der Waals surface area contributed by atoms with Crippen LogP contribution in [0, 0.1) is 0 Å². The van der Waals surface area contributed by atoms with Crippen molar-refractivity contribution in [3.63, 3.8) is 0 Å². The Bertz CT molecular complexity index is 1950. The molecule has 3 aliphatic heterocycles. The van der Waals surface area contributed by atoms with Gasteiger partial charge in [-0.15, -0.1) is 0 Å². The molecule has 3 heterocycles. The number of carboxylic acid groups (broad SMARTS) is 3. The van der Waals surface area contributed by atoms with Crippen LogP contribution in [0.25, 0.3) is 0 Å². The molecule has 3 N–H and O–H groups in total. The van der Waals surface area contributed by atoms with E-state index in [2.05, 4.69) is 0 Å². The fraction of sp³-hybridized carbons (Fsp3) is 0.194. The Labute approximate surface area is 274 Å². The standard InChI is InChI=1S/C36H29N3O9/c40-32-30-11-24(35(44)45)2-5-27(30)16-37(32)13-20-7-21(14-38-17-28-6-3-25(36(46)47)12-31(28)33(38)41)9-22(8-20)15-39-18-26-4-1-23(34(42)43)10-29(26)19-48-39/h1-12H,13-19H2,(H,42,43)(H,44,45)(H,46,47). The first-order valence-corrected chi connectivity index (χ1v) is 15.2. The van der Waals surface area contributed by atoms with Crippen molar-refractivity contribution in [2.75, 3.05) is 0 Å². The van der Waals surface area contributed by atoms with Gasteiger partial charge >= 0.3 is 17.9 Å². The molecule has 0 spiro atoms. The lowest BCUT2D eigenvalue weighted by molar-refractivity contribution is -0.194. The zero-order valence-electron chi connectivity index (χ0n) is 25.5. The zero-order chi connectivity index (χ0) is 33.7. The van der Waals surface area contributed by atoms with Gasteiger partial charge in [-0.25, -0.2) is 14.4 Å². The molecule has 0 saturated carbocycles. The molecule has 2 amide bonds. The number of hydroxylamine groups is 2. The molecule has 0 aromatic heterocycles. The van der Waals surface area contributed by atoms with Gasteiger partial charge in [0.1, 0.15) is 0 Å². The van der Waals surface area contributed by atoms with Gasteiger partial charge in [0.15, 0.2) is 0 Å². The highest BCUT2D eigenvalue weighted by Gasteiger charge is 2.31. The molecule has 12 heteroatoms. The zero-order valence-corrected chi connectivity index (χ0v) is 25.5. The van der Waals surface area contributed by atoms with Crippen LogP contribution < -0.4 is 0 Å². The number of carbonyl (C=O) groups is 5. The van der Waals surface area contributed by atoms with Gasteiger partial charge < -0.3 is 25.1 Å². The summed E-state index contributed by atoms with van der Waals surface area (Å²) in [5.74, 6) is -3.76. The lowest BCUT2D eigenvalue weighted by atomic mass is 10.0. The number of aromatic carboxylic acids is 3. The van der Waals surface area contributed by atoms with Gasteiger partial charge in [-0.1, -0.05) is 36.4 Å². The van der Waals surface area contributed by atoms with Crippen LogP contribution in [0.15, 0.2) is 72.8 Å². The Balaban J connectivity index is 1.15. The molecule has 0 fully saturated rings. The van der Waals surface area contributed by atoms with Gasteiger partial charge in [0.05, 0.1) is 23.3 Å². The van der Waals surface area contributed by atoms with E-state index in [1.54, 1.807) is 45.2 Å². The van der Waals surface area contributed by atoms with E-state index in [0.29, 0.717) is 37.3 Å². The van der Waals surface area contributed by atoms with Crippen molar-refractivity contribution in [3.8, 4) is 0 Å². The van der Waals surface area contributed by atoms with Crippen LogP contribution in [0.3, 0.4) is 0 Å². The van der Waals surface area contributed by atoms with E-state index in [4.69, 9.17) is 4.84 Å².